The number of hydrogen-bond acceptors (Lipinski definition) is 1. The van der Waals surface area contributed by atoms with Gasteiger partial charge in [0.05, 0.1) is 12.1 Å². The molecule has 1 nitrogen and oxygen atoms in total. The van der Waals surface area contributed by atoms with Gasteiger partial charge in [-0.05, 0) is 18.1 Å². The summed E-state index contributed by atoms with van der Waals surface area (Å²) in [5.41, 5.74) is 0. The van der Waals surface area contributed by atoms with E-state index in [-0.39, 0.29) is 22.0 Å². The Kier molecular flexibility index (Phi) is 9.18. The zero-order valence-corrected chi connectivity index (χ0v) is 15.7. The molecule has 0 atom stereocenters. The van der Waals surface area contributed by atoms with E-state index in [2.05, 4.69) is 20.8 Å². The smallest absolute Gasteiger partial charge is 0.432 e. The summed E-state index contributed by atoms with van der Waals surface area (Å²) in [4.78, 5) is 9.49. The summed E-state index contributed by atoms with van der Waals surface area (Å²) >= 11 is 1.45. The summed E-state index contributed by atoms with van der Waals surface area (Å²) < 4.78 is 25.0. The Balaban J connectivity index is 0. The van der Waals surface area contributed by atoms with Crippen LogP contribution in [-0.4, -0.2) is 34.8 Å². The third kappa shape index (κ3) is 8.58. The fourth-order valence-electron chi connectivity index (χ4n) is 0.611. The van der Waals surface area contributed by atoms with E-state index in [0.717, 1.165) is 6.07 Å². The SMILES string of the molecule is Br.CC(C)(C)[Si](C)(C)O.Fc1cc(F)c[c]([Mg+2])c1. The van der Waals surface area contributed by atoms with Gasteiger partial charge in [-0.1, -0.05) is 20.8 Å². The van der Waals surface area contributed by atoms with Gasteiger partial charge in [0.25, 0.3) is 0 Å². The summed E-state index contributed by atoms with van der Waals surface area (Å²) in [6.07, 6.45) is 0. The van der Waals surface area contributed by atoms with E-state index in [4.69, 9.17) is 0 Å². The van der Waals surface area contributed by atoms with Crippen LogP contribution in [-0.2, 0) is 0 Å². The van der Waals surface area contributed by atoms with Gasteiger partial charge in [-0.2, -0.15) is 0 Å². The zero-order chi connectivity index (χ0) is 13.9. The molecule has 0 bridgehead atoms. The zero-order valence-electron chi connectivity index (χ0n) is 11.6. The van der Waals surface area contributed by atoms with Crippen molar-refractivity contribution in [2.75, 3.05) is 0 Å². The van der Waals surface area contributed by atoms with Crippen LogP contribution in [0.4, 0.5) is 8.78 Å². The molecule has 0 saturated heterocycles. The minimum Gasteiger partial charge on any atom is -0.432 e. The Hall–Kier alpha value is 0.503. The highest BCUT2D eigenvalue weighted by molar-refractivity contribution is 8.93. The average molecular weight is 351 g/mol. The number of hydrogen-bond donors (Lipinski definition) is 1. The van der Waals surface area contributed by atoms with Crippen molar-refractivity contribution in [1.82, 2.24) is 0 Å². The lowest BCUT2D eigenvalue weighted by molar-refractivity contribution is 0.487. The van der Waals surface area contributed by atoms with Crippen LogP contribution in [0.2, 0.25) is 18.1 Å². The predicted octanol–water partition coefficient (Wildman–Crippen LogP) is 3.32. The minimum absolute atomic E-state index is 0. The molecular weight excluding hydrogens is 330 g/mol. The molecule has 0 aliphatic heterocycles. The number of rotatable bonds is 0. The second-order valence-electron chi connectivity index (χ2n) is 5.59. The van der Waals surface area contributed by atoms with Gasteiger partial charge in [0, 0.05) is 6.07 Å². The van der Waals surface area contributed by atoms with Crippen LogP contribution >= 0.6 is 17.0 Å². The van der Waals surface area contributed by atoms with Gasteiger partial charge in [-0.15, -0.1) is 17.0 Å². The van der Waals surface area contributed by atoms with Gasteiger partial charge in [0.1, 0.15) is 11.6 Å². The molecule has 0 aromatic heterocycles. The first kappa shape index (κ1) is 20.8. The predicted molar refractivity (Wildman–Crippen MR) is 81.5 cm³/mol. The molecule has 0 fully saturated rings. The van der Waals surface area contributed by atoms with Crippen molar-refractivity contribution in [3.8, 4) is 0 Å². The largest absolute Gasteiger partial charge is 1.47 e. The Bertz CT molecular complexity index is 313. The van der Waals surface area contributed by atoms with Gasteiger partial charge in [-0.3, -0.25) is 0 Å². The van der Waals surface area contributed by atoms with Crippen molar-refractivity contribution in [2.45, 2.75) is 38.9 Å². The third-order valence-electron chi connectivity index (χ3n) is 2.76. The first-order valence-corrected chi connectivity index (χ1v) is 9.09. The summed E-state index contributed by atoms with van der Waals surface area (Å²) in [5.74, 6) is -1.03. The fourth-order valence-corrected chi connectivity index (χ4v) is 1.00. The van der Waals surface area contributed by atoms with Crippen molar-refractivity contribution >= 4 is 50.7 Å². The molecule has 1 aromatic rings. The molecule has 1 aromatic carbocycles. The lowest BCUT2D eigenvalue weighted by Gasteiger charge is -2.30. The highest BCUT2D eigenvalue weighted by Crippen LogP contribution is 2.33. The normalized spacial score (nSPS) is 11.2. The Morgan fingerprint density at radius 1 is 1.06 bits per heavy atom. The number of halogens is 3. The fraction of sp³-hybridized carbons (Fsp3) is 0.500. The second-order valence-corrected chi connectivity index (χ2v) is 11.0. The maximum atomic E-state index is 12.2. The molecule has 1 N–H and O–H groups in total. The molecule has 6 heteroatoms. The van der Waals surface area contributed by atoms with Crippen molar-refractivity contribution in [2.24, 2.45) is 0 Å². The van der Waals surface area contributed by atoms with Crippen LogP contribution in [0.15, 0.2) is 18.2 Å². The summed E-state index contributed by atoms with van der Waals surface area (Å²) in [6.45, 7) is 10.2. The quantitative estimate of drug-likeness (QED) is 0.712. The van der Waals surface area contributed by atoms with Crippen molar-refractivity contribution in [3.05, 3.63) is 29.8 Å². The molecule has 1 rings (SSSR count). The maximum Gasteiger partial charge on any atom is 1.47 e. The molecule has 0 amide bonds. The summed E-state index contributed by atoms with van der Waals surface area (Å²) in [6, 6.07) is 3.44. The van der Waals surface area contributed by atoms with Gasteiger partial charge in [-0.25, -0.2) is 8.78 Å². The molecular formula is C12H20BrF2MgOSi+2. The van der Waals surface area contributed by atoms with Crippen LogP contribution in [0.25, 0.3) is 0 Å². The van der Waals surface area contributed by atoms with Crippen molar-refractivity contribution in [1.29, 1.82) is 0 Å². The van der Waals surface area contributed by atoms with Crippen LogP contribution in [0.1, 0.15) is 20.8 Å². The van der Waals surface area contributed by atoms with Crippen molar-refractivity contribution < 1.29 is 13.6 Å². The molecule has 0 aliphatic rings. The van der Waals surface area contributed by atoms with E-state index >= 15 is 0 Å². The lowest BCUT2D eigenvalue weighted by atomic mass is 10.2. The van der Waals surface area contributed by atoms with E-state index in [9.17, 15) is 13.6 Å². The van der Waals surface area contributed by atoms with E-state index in [1.165, 1.54) is 33.8 Å². The summed E-state index contributed by atoms with van der Waals surface area (Å²) in [7, 11) is -1.86. The standard InChI is InChI=1S/C6H3F2.C6H16OSi.BrH.Mg/c7-5-2-1-3-6(8)4-5;1-6(2,3)8(4,5)7;;/h2-4H;7H,1-5H3;1H;/q;;;+2. The van der Waals surface area contributed by atoms with E-state index in [1.807, 2.05) is 13.1 Å². The molecule has 0 spiro atoms. The first-order valence-electron chi connectivity index (χ1n) is 5.44. The molecule has 0 heterocycles. The van der Waals surface area contributed by atoms with Gasteiger partial charge in [0.2, 0.25) is 0 Å². The molecule has 0 unspecified atom stereocenters. The molecule has 99 valence electrons. The van der Waals surface area contributed by atoms with Gasteiger partial charge in [0.15, 0.2) is 8.32 Å². The van der Waals surface area contributed by atoms with Crippen LogP contribution < -0.4 is 3.69 Å². The molecule has 7 radical (unpaired) electrons. The topological polar surface area (TPSA) is 20.2 Å². The summed E-state index contributed by atoms with van der Waals surface area (Å²) in [5, 5.41) is 0.132. The van der Waals surface area contributed by atoms with Crippen LogP contribution in [0.3, 0.4) is 0 Å². The molecule has 0 saturated carbocycles. The van der Waals surface area contributed by atoms with Crippen LogP contribution in [0.5, 0.6) is 0 Å². The van der Waals surface area contributed by atoms with E-state index in [0.29, 0.717) is 3.69 Å². The monoisotopic (exact) mass is 349 g/mol. The Labute approximate surface area is 132 Å². The Morgan fingerprint density at radius 2 is 1.33 bits per heavy atom. The van der Waals surface area contributed by atoms with Crippen LogP contribution in [0, 0.1) is 11.6 Å². The molecule has 18 heavy (non-hydrogen) atoms. The first-order chi connectivity index (χ1) is 7.43. The second kappa shape index (κ2) is 7.94. The number of benzene rings is 1. The highest BCUT2D eigenvalue weighted by Gasteiger charge is 2.33. The average Bonchev–Trinajstić information content (AvgIpc) is 1.96. The highest BCUT2D eigenvalue weighted by atomic mass is 79.9. The lowest BCUT2D eigenvalue weighted by Crippen LogP contribution is -2.36. The van der Waals surface area contributed by atoms with Crippen molar-refractivity contribution in [3.63, 3.8) is 0 Å². The van der Waals surface area contributed by atoms with Gasteiger partial charge >= 0.3 is 25.4 Å². The minimum atomic E-state index is -1.86. The maximum absolute atomic E-state index is 12.2. The Morgan fingerprint density at radius 3 is 1.50 bits per heavy atom. The van der Waals surface area contributed by atoms with E-state index in [1.54, 1.807) is 0 Å². The third-order valence-corrected chi connectivity index (χ3v) is 6.84. The molecule has 0 aliphatic carbocycles. The van der Waals surface area contributed by atoms with E-state index < -0.39 is 20.0 Å². The van der Waals surface area contributed by atoms with Gasteiger partial charge < -0.3 is 4.80 Å².